The Hall–Kier alpha value is -2.96. The molecule has 0 bridgehead atoms. The van der Waals surface area contributed by atoms with Crippen molar-refractivity contribution < 1.29 is 13.2 Å². The molecule has 0 aliphatic carbocycles. The normalized spacial score (nSPS) is 16.4. The van der Waals surface area contributed by atoms with Crippen molar-refractivity contribution >= 4 is 15.9 Å². The predicted molar refractivity (Wildman–Crippen MR) is 126 cm³/mol. The van der Waals surface area contributed by atoms with Crippen molar-refractivity contribution in [3.8, 4) is 0 Å². The summed E-state index contributed by atoms with van der Waals surface area (Å²) in [6.07, 6.45) is 0.347. The molecule has 5 nitrogen and oxygen atoms in total. The summed E-state index contributed by atoms with van der Waals surface area (Å²) in [7, 11) is -3.87. The van der Waals surface area contributed by atoms with E-state index in [0.717, 1.165) is 27.8 Å². The summed E-state index contributed by atoms with van der Waals surface area (Å²) in [6.45, 7) is 6.20. The lowest BCUT2D eigenvalue weighted by Gasteiger charge is -2.35. The monoisotopic (exact) mass is 448 g/mol. The maximum Gasteiger partial charge on any atom is 0.244 e. The second-order valence-electron chi connectivity index (χ2n) is 8.51. The van der Waals surface area contributed by atoms with Crippen molar-refractivity contribution in [1.82, 2.24) is 9.62 Å². The molecule has 1 aliphatic heterocycles. The first-order valence-electron chi connectivity index (χ1n) is 10.7. The molecule has 6 heteroatoms. The Morgan fingerprint density at radius 2 is 1.59 bits per heavy atom. The summed E-state index contributed by atoms with van der Waals surface area (Å²) in [6, 6.07) is 20.2. The minimum Gasteiger partial charge on any atom is -0.351 e. The van der Waals surface area contributed by atoms with Gasteiger partial charge in [0.15, 0.2) is 0 Å². The molecule has 0 spiro atoms. The van der Waals surface area contributed by atoms with Crippen LogP contribution < -0.4 is 5.32 Å². The van der Waals surface area contributed by atoms with Crippen molar-refractivity contribution in [3.63, 3.8) is 0 Å². The Morgan fingerprint density at radius 1 is 0.938 bits per heavy atom. The van der Waals surface area contributed by atoms with E-state index in [4.69, 9.17) is 0 Å². The lowest BCUT2D eigenvalue weighted by atomic mass is 9.95. The molecule has 0 saturated heterocycles. The molecule has 1 N–H and O–H groups in total. The van der Waals surface area contributed by atoms with Crippen molar-refractivity contribution in [2.75, 3.05) is 0 Å². The number of amides is 1. The second kappa shape index (κ2) is 8.88. The number of hydrogen-bond donors (Lipinski definition) is 1. The first kappa shape index (κ1) is 22.2. The van der Waals surface area contributed by atoms with Gasteiger partial charge in [-0.3, -0.25) is 4.79 Å². The van der Waals surface area contributed by atoms with E-state index in [1.54, 1.807) is 13.0 Å². The molecule has 1 heterocycles. The van der Waals surface area contributed by atoms with Gasteiger partial charge in [0.2, 0.25) is 15.9 Å². The maximum absolute atomic E-state index is 13.7. The molecule has 166 valence electrons. The highest BCUT2D eigenvalue weighted by Gasteiger charge is 2.40. The predicted octanol–water partition coefficient (Wildman–Crippen LogP) is 4.04. The molecule has 0 saturated carbocycles. The van der Waals surface area contributed by atoms with Crippen LogP contribution in [0.25, 0.3) is 0 Å². The Morgan fingerprint density at radius 3 is 2.31 bits per heavy atom. The van der Waals surface area contributed by atoms with E-state index >= 15 is 0 Å². The second-order valence-corrected chi connectivity index (χ2v) is 10.4. The maximum atomic E-state index is 13.7. The number of aryl methyl sites for hydroxylation is 3. The zero-order valence-electron chi connectivity index (χ0n) is 18.6. The lowest BCUT2D eigenvalue weighted by molar-refractivity contribution is -0.125. The fourth-order valence-electron chi connectivity index (χ4n) is 4.10. The van der Waals surface area contributed by atoms with Crippen LogP contribution in [-0.4, -0.2) is 24.7 Å². The number of carbonyl (C=O) groups is 1. The number of benzene rings is 3. The molecule has 0 aromatic heterocycles. The largest absolute Gasteiger partial charge is 0.351 e. The molecular formula is C26H28N2O3S. The van der Waals surface area contributed by atoms with Gasteiger partial charge in [-0.1, -0.05) is 66.2 Å². The molecule has 32 heavy (non-hydrogen) atoms. The number of hydrogen-bond acceptors (Lipinski definition) is 3. The molecule has 1 amide bonds. The Bertz CT molecular complexity index is 1250. The van der Waals surface area contributed by atoms with Gasteiger partial charge in [-0.25, -0.2) is 8.42 Å². The minimum absolute atomic E-state index is 0.175. The number of rotatable bonds is 5. The van der Waals surface area contributed by atoms with E-state index in [9.17, 15) is 13.2 Å². The molecule has 1 atom stereocenters. The van der Waals surface area contributed by atoms with Crippen LogP contribution in [0.15, 0.2) is 71.6 Å². The highest BCUT2D eigenvalue weighted by atomic mass is 32.2. The number of sulfonamides is 1. The summed E-state index contributed by atoms with van der Waals surface area (Å²) < 4.78 is 28.8. The van der Waals surface area contributed by atoms with Crippen molar-refractivity contribution in [2.24, 2.45) is 0 Å². The average Bonchev–Trinajstić information content (AvgIpc) is 2.79. The third kappa shape index (κ3) is 4.47. The Kier molecular flexibility index (Phi) is 6.17. The molecule has 4 rings (SSSR count). The molecule has 3 aromatic carbocycles. The van der Waals surface area contributed by atoms with E-state index in [1.165, 1.54) is 4.31 Å². The number of nitrogens with one attached hydrogen (secondary N) is 1. The van der Waals surface area contributed by atoms with E-state index in [1.807, 2.05) is 74.5 Å². The van der Waals surface area contributed by atoms with Gasteiger partial charge in [0, 0.05) is 13.1 Å². The van der Waals surface area contributed by atoms with E-state index in [-0.39, 0.29) is 17.3 Å². The van der Waals surface area contributed by atoms with Gasteiger partial charge in [0.25, 0.3) is 0 Å². The number of nitrogens with zero attached hydrogens (tertiary/aromatic N) is 1. The third-order valence-corrected chi connectivity index (χ3v) is 8.02. The van der Waals surface area contributed by atoms with Crippen LogP contribution in [0.4, 0.5) is 0 Å². The van der Waals surface area contributed by atoms with Crippen LogP contribution >= 0.6 is 0 Å². The molecule has 1 unspecified atom stereocenters. The lowest BCUT2D eigenvalue weighted by Crippen LogP contribution is -2.52. The van der Waals surface area contributed by atoms with Crippen LogP contribution in [0, 0.1) is 20.8 Å². The number of fused-ring (bicyclic) bond motifs is 1. The molecule has 1 aliphatic rings. The number of carbonyl (C=O) groups excluding carboxylic acids is 1. The van der Waals surface area contributed by atoms with Gasteiger partial charge >= 0.3 is 0 Å². The topological polar surface area (TPSA) is 66.5 Å². The van der Waals surface area contributed by atoms with Gasteiger partial charge in [-0.05, 0) is 61.1 Å². The average molecular weight is 449 g/mol. The standard InChI is InChI=1S/C26H28N2O3S/c1-18-9-12-21(13-10-18)16-27-26(29)24-15-22-6-4-5-7-23(22)17-28(24)32(30,31)25-14-19(2)8-11-20(25)3/h4-14,24H,15-17H2,1-3H3,(H,27,29). The van der Waals surface area contributed by atoms with Crippen LogP contribution in [0.2, 0.25) is 0 Å². The van der Waals surface area contributed by atoms with Gasteiger partial charge in [0.05, 0.1) is 4.90 Å². The zero-order chi connectivity index (χ0) is 22.9. The van der Waals surface area contributed by atoms with E-state index in [0.29, 0.717) is 18.5 Å². The minimum atomic E-state index is -3.87. The van der Waals surface area contributed by atoms with Crippen molar-refractivity contribution in [1.29, 1.82) is 0 Å². The van der Waals surface area contributed by atoms with E-state index in [2.05, 4.69) is 5.32 Å². The van der Waals surface area contributed by atoms with Crippen LogP contribution in [0.1, 0.15) is 33.4 Å². The summed E-state index contributed by atoms with van der Waals surface area (Å²) in [5.41, 5.74) is 5.61. The highest BCUT2D eigenvalue weighted by molar-refractivity contribution is 7.89. The van der Waals surface area contributed by atoms with Crippen LogP contribution in [0.3, 0.4) is 0 Å². The fraction of sp³-hybridized carbons (Fsp3) is 0.269. The zero-order valence-corrected chi connectivity index (χ0v) is 19.4. The van der Waals surface area contributed by atoms with Crippen molar-refractivity contribution in [3.05, 3.63) is 100 Å². The van der Waals surface area contributed by atoms with Crippen LogP contribution in [-0.2, 0) is 34.3 Å². The summed E-state index contributed by atoms with van der Waals surface area (Å²) in [5, 5.41) is 2.95. The van der Waals surface area contributed by atoms with Gasteiger partial charge in [0.1, 0.15) is 6.04 Å². The molecule has 0 radical (unpaired) electrons. The highest BCUT2D eigenvalue weighted by Crippen LogP contribution is 2.31. The smallest absolute Gasteiger partial charge is 0.244 e. The first-order valence-corrected chi connectivity index (χ1v) is 12.2. The van der Waals surface area contributed by atoms with Gasteiger partial charge in [-0.2, -0.15) is 4.31 Å². The SMILES string of the molecule is Cc1ccc(CNC(=O)C2Cc3ccccc3CN2S(=O)(=O)c2cc(C)ccc2C)cc1. The van der Waals surface area contributed by atoms with Gasteiger partial charge in [-0.15, -0.1) is 0 Å². The van der Waals surface area contributed by atoms with Crippen molar-refractivity contribution in [2.45, 2.75) is 51.2 Å². The quantitative estimate of drug-likeness (QED) is 0.641. The summed E-state index contributed by atoms with van der Waals surface area (Å²) >= 11 is 0. The summed E-state index contributed by atoms with van der Waals surface area (Å²) in [4.78, 5) is 13.5. The molecular weight excluding hydrogens is 420 g/mol. The first-order chi connectivity index (χ1) is 15.3. The van der Waals surface area contributed by atoms with Crippen LogP contribution in [0.5, 0.6) is 0 Å². The molecule has 3 aromatic rings. The Balaban J connectivity index is 1.67. The van der Waals surface area contributed by atoms with Gasteiger partial charge < -0.3 is 5.32 Å². The van der Waals surface area contributed by atoms with E-state index < -0.39 is 16.1 Å². The fourth-order valence-corrected chi connectivity index (χ4v) is 5.98. The molecule has 0 fully saturated rings. The Labute approximate surface area is 190 Å². The summed E-state index contributed by atoms with van der Waals surface area (Å²) in [5.74, 6) is -0.283. The third-order valence-electron chi connectivity index (χ3n) is 6.03.